The van der Waals surface area contributed by atoms with Crippen molar-refractivity contribution < 1.29 is 4.79 Å². The standard InChI is InChI=1S/C34H55N5OS/c1-6-34(4,5)28-16-17-29(28)39-22-20-38(21-23-39)26-12-8-10-25(11-9-13-26)18-19-36-32(40)31-30(35-7-2)27-15-14-24(3)37-33(27)41-31/h14-15,25-26,28-29,35H,6-13,16-23H2,1-5H3,(H,36,40). The number of aromatic nitrogens is 1. The molecule has 3 aliphatic rings. The van der Waals surface area contributed by atoms with Gasteiger partial charge in [-0.1, -0.05) is 52.9 Å². The highest BCUT2D eigenvalue weighted by Crippen LogP contribution is 2.46. The van der Waals surface area contributed by atoms with E-state index in [9.17, 15) is 4.79 Å². The highest BCUT2D eigenvalue weighted by atomic mass is 32.1. The van der Waals surface area contributed by atoms with E-state index in [1.54, 1.807) is 0 Å². The number of anilines is 1. The molecule has 2 aromatic rings. The highest BCUT2D eigenvalue weighted by Gasteiger charge is 2.44. The van der Waals surface area contributed by atoms with Crippen molar-refractivity contribution in [2.45, 2.75) is 111 Å². The van der Waals surface area contributed by atoms with Crippen LogP contribution in [0, 0.1) is 24.2 Å². The van der Waals surface area contributed by atoms with Gasteiger partial charge in [-0.05, 0) is 75.3 Å². The molecule has 6 nitrogen and oxygen atoms in total. The highest BCUT2D eigenvalue weighted by molar-refractivity contribution is 7.21. The van der Waals surface area contributed by atoms with Crippen LogP contribution in [0.25, 0.3) is 10.2 Å². The maximum absolute atomic E-state index is 13.2. The minimum absolute atomic E-state index is 0.0399. The second-order valence-electron chi connectivity index (χ2n) is 13.7. The summed E-state index contributed by atoms with van der Waals surface area (Å²) in [4.78, 5) is 25.2. The van der Waals surface area contributed by atoms with Crippen molar-refractivity contribution >= 4 is 33.1 Å². The summed E-state index contributed by atoms with van der Waals surface area (Å²) in [6.45, 7) is 18.0. The normalized spacial score (nSPS) is 26.8. The fraction of sp³-hybridized carbons (Fsp3) is 0.765. The molecular weight excluding hydrogens is 526 g/mol. The molecule has 3 heterocycles. The average Bonchev–Trinajstić information content (AvgIpc) is 3.27. The Labute approximate surface area is 253 Å². The van der Waals surface area contributed by atoms with E-state index in [1.165, 1.54) is 95.3 Å². The van der Waals surface area contributed by atoms with Crippen LogP contribution in [0.3, 0.4) is 0 Å². The molecule has 2 N–H and O–H groups in total. The molecule has 0 spiro atoms. The van der Waals surface area contributed by atoms with E-state index in [0.717, 1.165) is 69.9 Å². The van der Waals surface area contributed by atoms with Gasteiger partial charge in [0.15, 0.2) is 0 Å². The lowest BCUT2D eigenvalue weighted by atomic mass is 9.62. The van der Waals surface area contributed by atoms with Crippen LogP contribution < -0.4 is 10.6 Å². The van der Waals surface area contributed by atoms with E-state index >= 15 is 0 Å². The first kappa shape index (κ1) is 30.7. The Balaban J connectivity index is 1.04. The van der Waals surface area contributed by atoms with E-state index < -0.39 is 0 Å². The first-order valence-electron chi connectivity index (χ1n) is 16.7. The smallest absolute Gasteiger partial charge is 0.263 e. The number of pyridine rings is 1. The van der Waals surface area contributed by atoms with Gasteiger partial charge >= 0.3 is 0 Å². The number of nitrogens with one attached hydrogen (secondary N) is 2. The van der Waals surface area contributed by atoms with Crippen LogP contribution >= 0.6 is 11.3 Å². The molecule has 228 valence electrons. The molecule has 2 saturated carbocycles. The molecule has 2 aliphatic carbocycles. The quantitative estimate of drug-likeness (QED) is 0.308. The second-order valence-corrected chi connectivity index (χ2v) is 14.7. The Kier molecular flexibility index (Phi) is 10.3. The van der Waals surface area contributed by atoms with E-state index in [4.69, 9.17) is 0 Å². The molecule has 0 radical (unpaired) electrons. The third-order valence-electron chi connectivity index (χ3n) is 10.9. The van der Waals surface area contributed by atoms with Crippen molar-refractivity contribution in [3.63, 3.8) is 0 Å². The number of hydrogen-bond donors (Lipinski definition) is 2. The van der Waals surface area contributed by atoms with Gasteiger partial charge < -0.3 is 10.6 Å². The monoisotopic (exact) mass is 581 g/mol. The number of nitrogens with zero attached hydrogens (tertiary/aromatic N) is 3. The van der Waals surface area contributed by atoms with Crippen molar-refractivity contribution in [3.8, 4) is 0 Å². The molecular formula is C34H55N5OS. The summed E-state index contributed by atoms with van der Waals surface area (Å²) in [5, 5.41) is 7.71. The van der Waals surface area contributed by atoms with Crippen LogP contribution in [0.2, 0.25) is 0 Å². The van der Waals surface area contributed by atoms with Crippen molar-refractivity contribution in [1.29, 1.82) is 0 Å². The zero-order valence-electron chi connectivity index (χ0n) is 26.4. The zero-order valence-corrected chi connectivity index (χ0v) is 27.3. The maximum Gasteiger partial charge on any atom is 0.263 e. The van der Waals surface area contributed by atoms with E-state index in [-0.39, 0.29) is 5.91 Å². The molecule has 2 atom stereocenters. The molecule has 3 fully saturated rings. The second kappa shape index (κ2) is 13.7. The SMILES string of the molecule is CCNc1c(C(=O)NCCC2CCCC(N3CCN(C4CCC4C(C)(C)CC)CC3)CCC2)sc2nc(C)ccc12. The van der Waals surface area contributed by atoms with Crippen molar-refractivity contribution in [3.05, 3.63) is 22.7 Å². The molecule has 1 saturated heterocycles. The fourth-order valence-electron chi connectivity index (χ4n) is 7.81. The molecule has 0 bridgehead atoms. The fourth-order valence-corrected chi connectivity index (χ4v) is 8.92. The lowest BCUT2D eigenvalue weighted by Crippen LogP contribution is -2.59. The largest absolute Gasteiger partial charge is 0.383 e. The van der Waals surface area contributed by atoms with Crippen LogP contribution in [0.15, 0.2) is 12.1 Å². The van der Waals surface area contributed by atoms with Crippen molar-refractivity contribution in [2.75, 3.05) is 44.6 Å². The minimum Gasteiger partial charge on any atom is -0.383 e. The van der Waals surface area contributed by atoms with E-state index in [1.807, 2.05) is 13.0 Å². The summed E-state index contributed by atoms with van der Waals surface area (Å²) >= 11 is 1.51. The van der Waals surface area contributed by atoms with Gasteiger partial charge in [0.1, 0.15) is 9.71 Å². The van der Waals surface area contributed by atoms with E-state index in [2.05, 4.69) is 59.2 Å². The molecule has 1 aliphatic heterocycles. The third-order valence-corrected chi connectivity index (χ3v) is 12.0. The van der Waals surface area contributed by atoms with E-state index in [0.29, 0.717) is 5.41 Å². The van der Waals surface area contributed by atoms with Crippen LogP contribution in [0.4, 0.5) is 5.69 Å². The van der Waals surface area contributed by atoms with Crippen LogP contribution in [-0.4, -0.2) is 72.0 Å². The first-order chi connectivity index (χ1) is 19.8. The summed E-state index contributed by atoms with van der Waals surface area (Å²) in [6.07, 6.45) is 13.2. The summed E-state index contributed by atoms with van der Waals surface area (Å²) < 4.78 is 0. The molecule has 0 aromatic carbocycles. The number of carbonyl (C=O) groups excluding carboxylic acids is 1. The Hall–Kier alpha value is -1.70. The number of rotatable bonds is 10. The molecule has 1 amide bonds. The predicted molar refractivity (Wildman–Crippen MR) is 174 cm³/mol. The van der Waals surface area contributed by atoms with Gasteiger partial charge in [-0.2, -0.15) is 0 Å². The Morgan fingerprint density at radius 2 is 1.71 bits per heavy atom. The number of thiophene rings is 1. The van der Waals surface area contributed by atoms with Gasteiger partial charge in [0.2, 0.25) is 0 Å². The summed E-state index contributed by atoms with van der Waals surface area (Å²) in [6, 6.07) is 5.72. The summed E-state index contributed by atoms with van der Waals surface area (Å²) in [5.74, 6) is 1.66. The lowest BCUT2D eigenvalue weighted by Gasteiger charge is -2.53. The van der Waals surface area contributed by atoms with Crippen LogP contribution in [0.1, 0.15) is 107 Å². The third kappa shape index (κ3) is 7.10. The molecule has 2 aromatic heterocycles. The van der Waals surface area contributed by atoms with Crippen LogP contribution in [0.5, 0.6) is 0 Å². The number of amides is 1. The van der Waals surface area contributed by atoms with Crippen molar-refractivity contribution in [2.24, 2.45) is 17.3 Å². The van der Waals surface area contributed by atoms with Gasteiger partial charge in [0.05, 0.1) is 5.69 Å². The predicted octanol–water partition coefficient (Wildman–Crippen LogP) is 7.33. The van der Waals surface area contributed by atoms with Gasteiger partial charge in [0, 0.05) is 62.4 Å². The minimum atomic E-state index is 0.0399. The van der Waals surface area contributed by atoms with Gasteiger partial charge in [0.25, 0.3) is 5.91 Å². The Morgan fingerprint density at radius 3 is 2.34 bits per heavy atom. The van der Waals surface area contributed by atoms with Gasteiger partial charge in [-0.15, -0.1) is 11.3 Å². The number of hydrogen-bond acceptors (Lipinski definition) is 6. The number of piperazine rings is 1. The average molecular weight is 582 g/mol. The Bertz CT molecular complexity index is 1140. The van der Waals surface area contributed by atoms with Crippen molar-refractivity contribution in [1.82, 2.24) is 20.1 Å². The maximum atomic E-state index is 13.2. The summed E-state index contributed by atoms with van der Waals surface area (Å²) in [7, 11) is 0. The Morgan fingerprint density at radius 1 is 1.00 bits per heavy atom. The number of carbonyl (C=O) groups is 1. The molecule has 7 heteroatoms. The first-order valence-corrected chi connectivity index (χ1v) is 17.5. The number of aryl methyl sites for hydroxylation is 1. The molecule has 2 unspecified atom stereocenters. The molecule has 5 rings (SSSR count). The van der Waals surface area contributed by atoms with Gasteiger partial charge in [-0.25, -0.2) is 4.98 Å². The number of fused-ring (bicyclic) bond motifs is 1. The topological polar surface area (TPSA) is 60.5 Å². The lowest BCUT2D eigenvalue weighted by molar-refractivity contribution is -0.0390. The molecule has 41 heavy (non-hydrogen) atoms. The zero-order chi connectivity index (χ0) is 29.0. The van der Waals surface area contributed by atoms with Gasteiger partial charge in [-0.3, -0.25) is 14.6 Å². The summed E-state index contributed by atoms with van der Waals surface area (Å²) in [5.41, 5.74) is 2.41. The van der Waals surface area contributed by atoms with Crippen LogP contribution in [-0.2, 0) is 0 Å².